The second kappa shape index (κ2) is 6.25. The zero-order valence-electron chi connectivity index (χ0n) is 11.2. The molecule has 2 nitrogen and oxygen atoms in total. The molecule has 2 rings (SSSR count). The number of aliphatic hydroxyl groups excluding tert-OH is 1. The first-order valence-corrected chi connectivity index (χ1v) is 6.88. The highest BCUT2D eigenvalue weighted by molar-refractivity contribution is 6.30. The van der Waals surface area contributed by atoms with Crippen molar-refractivity contribution in [3.8, 4) is 0 Å². The monoisotopic (exact) mass is 293 g/mol. The van der Waals surface area contributed by atoms with Crippen molar-refractivity contribution in [1.29, 1.82) is 0 Å². The fraction of sp³-hybridized carbons (Fsp3) is 0.250. The van der Waals surface area contributed by atoms with Crippen molar-refractivity contribution in [1.82, 2.24) is 0 Å². The van der Waals surface area contributed by atoms with Gasteiger partial charge in [-0.05, 0) is 42.3 Å². The van der Waals surface area contributed by atoms with Crippen molar-refractivity contribution in [2.75, 3.05) is 11.9 Å². The molecule has 2 aromatic carbocycles. The van der Waals surface area contributed by atoms with Gasteiger partial charge in [0.15, 0.2) is 0 Å². The molecule has 0 bridgehead atoms. The summed E-state index contributed by atoms with van der Waals surface area (Å²) in [5.41, 5.74) is 0.771. The Balaban J connectivity index is 2.39. The van der Waals surface area contributed by atoms with Crippen molar-refractivity contribution >= 4 is 17.3 Å². The zero-order chi connectivity index (χ0) is 14.6. The van der Waals surface area contributed by atoms with Crippen LogP contribution in [0.4, 0.5) is 10.1 Å². The molecule has 0 amide bonds. The average Bonchev–Trinajstić information content (AvgIpc) is 2.45. The topological polar surface area (TPSA) is 32.3 Å². The predicted octanol–water partition coefficient (Wildman–Crippen LogP) is 4.19. The van der Waals surface area contributed by atoms with Crippen LogP contribution in [0.5, 0.6) is 0 Å². The molecule has 106 valence electrons. The van der Waals surface area contributed by atoms with Gasteiger partial charge in [-0.25, -0.2) is 4.39 Å². The molecule has 20 heavy (non-hydrogen) atoms. The lowest BCUT2D eigenvalue weighted by molar-refractivity contribution is 0.207. The van der Waals surface area contributed by atoms with E-state index in [2.05, 4.69) is 5.32 Å². The number of hydrogen-bond acceptors (Lipinski definition) is 2. The molecule has 2 aromatic rings. The van der Waals surface area contributed by atoms with Crippen molar-refractivity contribution in [2.45, 2.75) is 18.9 Å². The summed E-state index contributed by atoms with van der Waals surface area (Å²) in [6, 6.07) is 13.5. The molecule has 0 radical (unpaired) electrons. The molecule has 2 N–H and O–H groups in total. The minimum atomic E-state index is -0.729. The fourth-order valence-corrected chi connectivity index (χ4v) is 2.43. The molecule has 0 heterocycles. The van der Waals surface area contributed by atoms with Gasteiger partial charge in [-0.1, -0.05) is 36.7 Å². The highest BCUT2D eigenvalue weighted by Crippen LogP contribution is 2.30. The highest BCUT2D eigenvalue weighted by atomic mass is 35.5. The molecule has 0 aliphatic rings. The maximum Gasteiger partial charge on any atom is 0.123 e. The van der Waals surface area contributed by atoms with Crippen LogP contribution >= 0.6 is 11.6 Å². The van der Waals surface area contributed by atoms with E-state index in [-0.39, 0.29) is 12.4 Å². The van der Waals surface area contributed by atoms with E-state index in [1.54, 1.807) is 24.3 Å². The second-order valence-corrected chi connectivity index (χ2v) is 5.18. The van der Waals surface area contributed by atoms with Crippen molar-refractivity contribution < 1.29 is 9.50 Å². The van der Waals surface area contributed by atoms with Crippen LogP contribution in [0.15, 0.2) is 48.5 Å². The van der Waals surface area contributed by atoms with Gasteiger partial charge in [0.2, 0.25) is 0 Å². The van der Waals surface area contributed by atoms with Crippen molar-refractivity contribution in [3.63, 3.8) is 0 Å². The summed E-state index contributed by atoms with van der Waals surface area (Å²) < 4.78 is 13.4. The van der Waals surface area contributed by atoms with Gasteiger partial charge in [-0.2, -0.15) is 0 Å². The lowest BCUT2D eigenvalue weighted by Gasteiger charge is -2.33. The Morgan fingerprint density at radius 2 is 1.95 bits per heavy atom. The molecule has 1 atom stereocenters. The summed E-state index contributed by atoms with van der Waals surface area (Å²) in [6.45, 7) is 1.80. The Morgan fingerprint density at radius 3 is 2.55 bits per heavy atom. The molecule has 0 spiro atoms. The second-order valence-electron chi connectivity index (χ2n) is 4.74. The van der Waals surface area contributed by atoms with Gasteiger partial charge < -0.3 is 10.4 Å². The van der Waals surface area contributed by atoms with Crippen LogP contribution < -0.4 is 5.32 Å². The van der Waals surface area contributed by atoms with Gasteiger partial charge in [-0.3, -0.25) is 0 Å². The molecule has 4 heteroatoms. The van der Waals surface area contributed by atoms with E-state index < -0.39 is 5.54 Å². The molecule has 0 aliphatic heterocycles. The molecule has 0 aliphatic carbocycles. The Kier molecular flexibility index (Phi) is 4.63. The maximum atomic E-state index is 13.4. The molecular weight excluding hydrogens is 277 g/mol. The van der Waals surface area contributed by atoms with Crippen LogP contribution in [0, 0.1) is 5.82 Å². The third-order valence-electron chi connectivity index (χ3n) is 3.46. The number of hydrogen-bond donors (Lipinski definition) is 2. The largest absolute Gasteiger partial charge is 0.394 e. The molecule has 0 saturated heterocycles. The number of nitrogens with one attached hydrogen (secondary N) is 1. The molecule has 1 unspecified atom stereocenters. The zero-order valence-corrected chi connectivity index (χ0v) is 12.0. The number of anilines is 1. The molecule has 0 fully saturated rings. The van der Waals surface area contributed by atoms with Crippen molar-refractivity contribution in [2.24, 2.45) is 0 Å². The van der Waals surface area contributed by atoms with E-state index in [0.29, 0.717) is 17.0 Å². The number of benzene rings is 2. The summed E-state index contributed by atoms with van der Waals surface area (Å²) in [4.78, 5) is 0. The Labute approximate surface area is 123 Å². The SMILES string of the molecule is CCC(CO)(Nc1cccc(Cl)c1)c1cccc(F)c1. The van der Waals surface area contributed by atoms with Crippen LogP contribution in [0.3, 0.4) is 0 Å². The Bertz CT molecular complexity index is 584. The van der Waals surface area contributed by atoms with Gasteiger partial charge in [0.25, 0.3) is 0 Å². The molecule has 0 saturated carbocycles. The summed E-state index contributed by atoms with van der Waals surface area (Å²) in [6.07, 6.45) is 0.611. The first kappa shape index (κ1) is 14.8. The fourth-order valence-electron chi connectivity index (χ4n) is 2.24. The van der Waals surface area contributed by atoms with Crippen LogP contribution in [0.1, 0.15) is 18.9 Å². The van der Waals surface area contributed by atoms with Crippen molar-refractivity contribution in [3.05, 3.63) is 64.9 Å². The Morgan fingerprint density at radius 1 is 1.20 bits per heavy atom. The van der Waals surface area contributed by atoms with Gasteiger partial charge in [0.05, 0.1) is 12.1 Å². The van der Waals surface area contributed by atoms with Gasteiger partial charge in [0.1, 0.15) is 5.82 Å². The molecular formula is C16H17ClFNO. The predicted molar refractivity (Wildman–Crippen MR) is 80.5 cm³/mol. The quantitative estimate of drug-likeness (QED) is 0.866. The van der Waals surface area contributed by atoms with Crippen LogP contribution in [0.2, 0.25) is 5.02 Å². The number of rotatable bonds is 5. The molecule has 0 aromatic heterocycles. The summed E-state index contributed by atoms with van der Waals surface area (Å²) in [5, 5.41) is 13.7. The number of aliphatic hydroxyl groups is 1. The third-order valence-corrected chi connectivity index (χ3v) is 3.69. The van der Waals surface area contributed by atoms with E-state index >= 15 is 0 Å². The standard InChI is InChI=1S/C16H17ClFNO/c1-2-16(11-20,12-5-3-7-14(18)9-12)19-15-8-4-6-13(17)10-15/h3-10,19-20H,2,11H2,1H3. The normalized spacial score (nSPS) is 13.8. The summed E-state index contributed by atoms with van der Waals surface area (Å²) >= 11 is 5.97. The lowest BCUT2D eigenvalue weighted by Crippen LogP contribution is -2.38. The maximum absolute atomic E-state index is 13.4. The Hall–Kier alpha value is -1.58. The summed E-state index contributed by atoms with van der Waals surface area (Å²) in [5.74, 6) is -0.318. The highest BCUT2D eigenvalue weighted by Gasteiger charge is 2.29. The van der Waals surface area contributed by atoms with Crippen LogP contribution in [0.25, 0.3) is 0 Å². The summed E-state index contributed by atoms with van der Waals surface area (Å²) in [7, 11) is 0. The van der Waals surface area contributed by atoms with E-state index in [0.717, 1.165) is 5.69 Å². The smallest absolute Gasteiger partial charge is 0.123 e. The number of halogens is 2. The first-order valence-electron chi connectivity index (χ1n) is 6.50. The van der Waals surface area contributed by atoms with Gasteiger partial charge in [0, 0.05) is 10.7 Å². The first-order chi connectivity index (χ1) is 9.59. The van der Waals surface area contributed by atoms with E-state index in [4.69, 9.17) is 11.6 Å². The van der Waals surface area contributed by atoms with E-state index in [9.17, 15) is 9.50 Å². The minimum absolute atomic E-state index is 0.139. The van der Waals surface area contributed by atoms with E-state index in [1.165, 1.54) is 12.1 Å². The van der Waals surface area contributed by atoms with Crippen LogP contribution in [-0.2, 0) is 5.54 Å². The van der Waals surface area contributed by atoms with E-state index in [1.807, 2.05) is 19.1 Å². The van der Waals surface area contributed by atoms with Gasteiger partial charge in [-0.15, -0.1) is 0 Å². The lowest BCUT2D eigenvalue weighted by atomic mass is 9.87. The average molecular weight is 294 g/mol. The minimum Gasteiger partial charge on any atom is -0.394 e. The third kappa shape index (κ3) is 3.11. The van der Waals surface area contributed by atoms with Crippen LogP contribution in [-0.4, -0.2) is 11.7 Å². The van der Waals surface area contributed by atoms with Gasteiger partial charge >= 0.3 is 0 Å².